The van der Waals surface area contributed by atoms with Gasteiger partial charge in [-0.3, -0.25) is 0 Å². The number of benzene rings is 1. The number of hydrogen-bond acceptors (Lipinski definition) is 4. The van der Waals surface area contributed by atoms with Gasteiger partial charge in [0.05, 0.1) is 12.3 Å². The molecule has 1 aromatic carbocycles. The van der Waals surface area contributed by atoms with Crippen LogP contribution < -0.4 is 5.32 Å². The van der Waals surface area contributed by atoms with E-state index in [-0.39, 0.29) is 17.5 Å². The SMILES string of the molecule is CC(C)(C)C1=NN(C(=O)Nc2ccc(Cl)cc2)CC1n1cncn1. The number of aromatic nitrogens is 3. The normalized spacial score (nSPS) is 17.8. The van der Waals surface area contributed by atoms with Gasteiger partial charge in [-0.05, 0) is 24.3 Å². The summed E-state index contributed by atoms with van der Waals surface area (Å²) in [6.07, 6.45) is 3.13. The Balaban J connectivity index is 1.80. The van der Waals surface area contributed by atoms with Gasteiger partial charge in [0.2, 0.25) is 0 Å². The number of nitrogens with one attached hydrogen (secondary N) is 1. The molecule has 1 aliphatic rings. The first-order valence-electron chi connectivity index (χ1n) is 7.62. The Bertz CT molecular complexity index is 748. The van der Waals surface area contributed by atoms with E-state index in [1.807, 2.05) is 0 Å². The van der Waals surface area contributed by atoms with Gasteiger partial charge in [-0.1, -0.05) is 32.4 Å². The third-order valence-corrected chi connectivity index (χ3v) is 4.00. The second kappa shape index (κ2) is 6.24. The Morgan fingerprint density at radius 1 is 1.29 bits per heavy atom. The molecule has 1 unspecified atom stereocenters. The van der Waals surface area contributed by atoms with Crippen molar-refractivity contribution < 1.29 is 4.79 Å². The van der Waals surface area contributed by atoms with Crippen LogP contribution in [-0.2, 0) is 0 Å². The van der Waals surface area contributed by atoms with E-state index in [9.17, 15) is 4.79 Å². The Morgan fingerprint density at radius 3 is 2.58 bits per heavy atom. The maximum atomic E-state index is 12.5. The fourth-order valence-corrected chi connectivity index (χ4v) is 2.70. The zero-order valence-electron chi connectivity index (χ0n) is 13.8. The Hall–Kier alpha value is -2.41. The van der Waals surface area contributed by atoms with Gasteiger partial charge in [0.15, 0.2) is 0 Å². The van der Waals surface area contributed by atoms with Crippen molar-refractivity contribution in [3.8, 4) is 0 Å². The summed E-state index contributed by atoms with van der Waals surface area (Å²) >= 11 is 5.86. The average molecular weight is 347 g/mol. The molecule has 1 aliphatic heterocycles. The molecule has 0 saturated carbocycles. The molecule has 0 bridgehead atoms. The first-order valence-corrected chi connectivity index (χ1v) is 7.99. The van der Waals surface area contributed by atoms with Crippen LogP contribution in [0.4, 0.5) is 10.5 Å². The van der Waals surface area contributed by atoms with Crippen molar-refractivity contribution in [3.63, 3.8) is 0 Å². The molecule has 1 N–H and O–H groups in total. The lowest BCUT2D eigenvalue weighted by atomic mass is 9.86. The summed E-state index contributed by atoms with van der Waals surface area (Å²) in [6, 6.07) is 6.54. The first-order chi connectivity index (χ1) is 11.3. The highest BCUT2D eigenvalue weighted by Crippen LogP contribution is 2.30. The summed E-state index contributed by atoms with van der Waals surface area (Å²) in [5.41, 5.74) is 1.37. The van der Waals surface area contributed by atoms with Gasteiger partial charge in [0, 0.05) is 16.1 Å². The minimum atomic E-state index is -0.290. The van der Waals surface area contributed by atoms with Crippen molar-refractivity contribution in [1.29, 1.82) is 0 Å². The third-order valence-electron chi connectivity index (χ3n) is 3.74. The summed E-state index contributed by atoms with van der Waals surface area (Å²) in [7, 11) is 0. The number of hydrazone groups is 1. The predicted molar refractivity (Wildman–Crippen MR) is 93.1 cm³/mol. The van der Waals surface area contributed by atoms with Gasteiger partial charge in [-0.2, -0.15) is 10.2 Å². The maximum Gasteiger partial charge on any atom is 0.342 e. The van der Waals surface area contributed by atoms with Crippen molar-refractivity contribution in [2.45, 2.75) is 26.8 Å². The zero-order chi connectivity index (χ0) is 17.3. The van der Waals surface area contributed by atoms with Gasteiger partial charge in [-0.15, -0.1) is 0 Å². The van der Waals surface area contributed by atoms with E-state index in [0.29, 0.717) is 17.3 Å². The van der Waals surface area contributed by atoms with Crippen molar-refractivity contribution in [3.05, 3.63) is 41.9 Å². The van der Waals surface area contributed by atoms with Crippen molar-refractivity contribution >= 4 is 29.0 Å². The molecule has 1 aromatic heterocycles. The largest absolute Gasteiger partial charge is 0.342 e. The number of rotatable bonds is 2. The predicted octanol–water partition coefficient (Wildman–Crippen LogP) is 3.42. The number of urea groups is 1. The molecule has 0 spiro atoms. The quantitative estimate of drug-likeness (QED) is 0.905. The van der Waals surface area contributed by atoms with Crippen LogP contribution in [0.3, 0.4) is 0 Å². The summed E-state index contributed by atoms with van der Waals surface area (Å²) < 4.78 is 1.74. The third kappa shape index (κ3) is 3.41. The zero-order valence-corrected chi connectivity index (χ0v) is 14.5. The number of halogens is 1. The van der Waals surface area contributed by atoms with E-state index in [4.69, 9.17) is 11.6 Å². The summed E-state index contributed by atoms with van der Waals surface area (Å²) in [4.78, 5) is 16.5. The minimum Gasteiger partial charge on any atom is -0.306 e. The number of amides is 2. The Kier molecular flexibility index (Phi) is 4.28. The second-order valence-corrected chi connectivity index (χ2v) is 7.08. The molecule has 7 nitrogen and oxygen atoms in total. The first kappa shape index (κ1) is 16.4. The summed E-state index contributed by atoms with van der Waals surface area (Å²) in [5.74, 6) is 0. The molecule has 2 heterocycles. The number of nitrogens with zero attached hydrogens (tertiary/aromatic N) is 5. The fraction of sp³-hybridized carbons (Fsp3) is 0.375. The highest BCUT2D eigenvalue weighted by atomic mass is 35.5. The van der Waals surface area contributed by atoms with Crippen LogP contribution in [0.15, 0.2) is 42.0 Å². The van der Waals surface area contributed by atoms with Crippen LogP contribution in [0.2, 0.25) is 5.02 Å². The van der Waals surface area contributed by atoms with Gasteiger partial charge < -0.3 is 5.32 Å². The summed E-state index contributed by atoms with van der Waals surface area (Å²) in [6.45, 7) is 6.61. The lowest BCUT2D eigenvalue weighted by Crippen LogP contribution is -2.33. The number of carbonyl (C=O) groups is 1. The molecular weight excluding hydrogens is 328 g/mol. The van der Waals surface area contributed by atoms with Crippen LogP contribution in [0.25, 0.3) is 0 Å². The average Bonchev–Trinajstić information content (AvgIpc) is 3.17. The van der Waals surface area contributed by atoms with Crippen molar-refractivity contribution in [2.24, 2.45) is 10.5 Å². The van der Waals surface area contributed by atoms with E-state index in [2.05, 4.69) is 41.3 Å². The molecule has 0 saturated heterocycles. The van der Waals surface area contributed by atoms with Crippen LogP contribution in [0, 0.1) is 5.41 Å². The van der Waals surface area contributed by atoms with E-state index in [1.54, 1.807) is 35.3 Å². The number of anilines is 1. The fourth-order valence-electron chi connectivity index (χ4n) is 2.57. The number of carbonyl (C=O) groups excluding carboxylic acids is 1. The second-order valence-electron chi connectivity index (χ2n) is 6.65. The Morgan fingerprint density at radius 2 is 2.00 bits per heavy atom. The molecule has 8 heteroatoms. The van der Waals surface area contributed by atoms with Gasteiger partial charge in [-0.25, -0.2) is 19.5 Å². The molecule has 24 heavy (non-hydrogen) atoms. The highest BCUT2D eigenvalue weighted by molar-refractivity contribution is 6.30. The smallest absolute Gasteiger partial charge is 0.306 e. The molecule has 2 aromatic rings. The maximum absolute atomic E-state index is 12.5. The van der Waals surface area contributed by atoms with E-state index < -0.39 is 0 Å². The standard InChI is InChI=1S/C16H19ClN6O/c1-16(2,3)14-13(23-10-18-9-19-23)8-22(21-14)15(24)20-12-6-4-11(17)5-7-12/h4-7,9-10,13H,8H2,1-3H3,(H,20,24). The molecule has 3 rings (SSSR count). The van der Waals surface area contributed by atoms with Crippen LogP contribution in [0.1, 0.15) is 26.8 Å². The molecule has 0 aliphatic carbocycles. The lowest BCUT2D eigenvalue weighted by molar-refractivity contribution is 0.215. The van der Waals surface area contributed by atoms with Crippen LogP contribution in [0.5, 0.6) is 0 Å². The van der Waals surface area contributed by atoms with Crippen molar-refractivity contribution in [2.75, 3.05) is 11.9 Å². The molecular formula is C16H19ClN6O. The Labute approximate surface area is 145 Å². The highest BCUT2D eigenvalue weighted by Gasteiger charge is 2.38. The van der Waals surface area contributed by atoms with Crippen LogP contribution >= 0.6 is 11.6 Å². The number of hydrogen-bond donors (Lipinski definition) is 1. The summed E-state index contributed by atoms with van der Waals surface area (Å²) in [5, 5.41) is 13.6. The topological polar surface area (TPSA) is 75.4 Å². The molecule has 0 radical (unpaired) electrons. The molecule has 126 valence electrons. The van der Waals surface area contributed by atoms with Gasteiger partial charge >= 0.3 is 6.03 Å². The minimum absolute atomic E-state index is 0.122. The lowest BCUT2D eigenvalue weighted by Gasteiger charge is -2.23. The van der Waals surface area contributed by atoms with Gasteiger partial charge in [0.1, 0.15) is 18.7 Å². The van der Waals surface area contributed by atoms with Crippen LogP contribution in [-0.4, -0.2) is 38.1 Å². The van der Waals surface area contributed by atoms with E-state index in [0.717, 1.165) is 5.71 Å². The van der Waals surface area contributed by atoms with E-state index in [1.165, 1.54) is 11.3 Å². The molecule has 0 fully saturated rings. The molecule has 2 amide bonds. The van der Waals surface area contributed by atoms with Crippen molar-refractivity contribution in [1.82, 2.24) is 19.8 Å². The van der Waals surface area contributed by atoms with Gasteiger partial charge in [0.25, 0.3) is 0 Å². The monoisotopic (exact) mass is 346 g/mol. The molecule has 1 atom stereocenters. The van der Waals surface area contributed by atoms with E-state index >= 15 is 0 Å².